The number of nitrogens with one attached hydrogen (secondary N) is 2. The molecule has 4 rings (SSSR count). The predicted molar refractivity (Wildman–Crippen MR) is 145 cm³/mol. The molecule has 0 aliphatic carbocycles. The smallest absolute Gasteiger partial charge is 0.262 e. The van der Waals surface area contributed by atoms with Crippen LogP contribution >= 0.6 is 11.6 Å². The first-order valence-corrected chi connectivity index (χ1v) is 12.3. The SMILES string of the molecule is Cc1c(/C=N\NC(=O)C(NC(=O)c2cccc(Cl)c2)C(C)C)c2ccccc2n1Cc1ccc(F)cc1. The van der Waals surface area contributed by atoms with E-state index < -0.39 is 11.9 Å². The molecule has 0 saturated carbocycles. The molecule has 6 nitrogen and oxygen atoms in total. The van der Waals surface area contributed by atoms with Crippen molar-refractivity contribution >= 4 is 40.5 Å². The van der Waals surface area contributed by atoms with Crippen LogP contribution in [0.25, 0.3) is 10.9 Å². The van der Waals surface area contributed by atoms with Gasteiger partial charge in [-0.3, -0.25) is 9.59 Å². The number of amides is 2. The molecule has 8 heteroatoms. The highest BCUT2D eigenvalue weighted by Gasteiger charge is 2.24. The summed E-state index contributed by atoms with van der Waals surface area (Å²) in [6, 6.07) is 20.1. The first-order chi connectivity index (χ1) is 17.7. The number of hydrogen-bond acceptors (Lipinski definition) is 3. The molecule has 2 amide bonds. The molecule has 0 fully saturated rings. The third-order valence-corrected chi connectivity index (χ3v) is 6.46. The molecule has 3 aromatic carbocycles. The van der Waals surface area contributed by atoms with Crippen LogP contribution in [0.5, 0.6) is 0 Å². The van der Waals surface area contributed by atoms with Crippen molar-refractivity contribution < 1.29 is 14.0 Å². The first kappa shape index (κ1) is 26.1. The molecule has 2 N–H and O–H groups in total. The van der Waals surface area contributed by atoms with Crippen molar-refractivity contribution in [1.82, 2.24) is 15.3 Å². The van der Waals surface area contributed by atoms with Crippen molar-refractivity contribution in [2.75, 3.05) is 0 Å². The summed E-state index contributed by atoms with van der Waals surface area (Å²) in [4.78, 5) is 25.6. The second-order valence-corrected chi connectivity index (χ2v) is 9.61. The van der Waals surface area contributed by atoms with Crippen molar-refractivity contribution in [3.63, 3.8) is 0 Å². The van der Waals surface area contributed by atoms with Crippen LogP contribution in [0.15, 0.2) is 77.9 Å². The lowest BCUT2D eigenvalue weighted by Gasteiger charge is -2.20. The van der Waals surface area contributed by atoms with Crippen LogP contribution in [0, 0.1) is 18.7 Å². The van der Waals surface area contributed by atoms with E-state index in [1.165, 1.54) is 12.1 Å². The molecular weight excluding hydrogens is 491 g/mol. The van der Waals surface area contributed by atoms with Gasteiger partial charge in [-0.25, -0.2) is 9.82 Å². The van der Waals surface area contributed by atoms with Crippen molar-refractivity contribution in [2.45, 2.75) is 33.4 Å². The van der Waals surface area contributed by atoms with E-state index in [0.29, 0.717) is 17.1 Å². The van der Waals surface area contributed by atoms with Crippen LogP contribution in [0.4, 0.5) is 4.39 Å². The molecule has 1 aromatic heterocycles. The van der Waals surface area contributed by atoms with Crippen LogP contribution in [0.3, 0.4) is 0 Å². The van der Waals surface area contributed by atoms with Gasteiger partial charge in [-0.05, 0) is 54.8 Å². The topological polar surface area (TPSA) is 75.5 Å². The molecule has 1 heterocycles. The van der Waals surface area contributed by atoms with E-state index in [1.807, 2.05) is 45.0 Å². The van der Waals surface area contributed by atoms with Gasteiger partial charge in [0.05, 0.1) is 6.21 Å². The van der Waals surface area contributed by atoms with Crippen molar-refractivity contribution in [2.24, 2.45) is 11.0 Å². The van der Waals surface area contributed by atoms with Crippen molar-refractivity contribution in [3.05, 3.63) is 106 Å². The molecule has 0 aliphatic heterocycles. The molecular formula is C29H28ClFN4O2. The van der Waals surface area contributed by atoms with Gasteiger partial charge in [-0.2, -0.15) is 5.10 Å². The van der Waals surface area contributed by atoms with E-state index in [1.54, 1.807) is 42.6 Å². The summed E-state index contributed by atoms with van der Waals surface area (Å²) in [5, 5.41) is 8.42. The zero-order chi connectivity index (χ0) is 26.5. The summed E-state index contributed by atoms with van der Waals surface area (Å²) in [7, 11) is 0. The number of halogens is 2. The van der Waals surface area contributed by atoms with Crippen molar-refractivity contribution in [3.8, 4) is 0 Å². The maximum absolute atomic E-state index is 13.4. The summed E-state index contributed by atoms with van der Waals surface area (Å²) < 4.78 is 15.5. The number of fused-ring (bicyclic) bond motifs is 1. The second kappa shape index (κ2) is 11.4. The molecule has 0 bridgehead atoms. The van der Waals surface area contributed by atoms with Gasteiger partial charge in [0.15, 0.2) is 0 Å². The fourth-order valence-corrected chi connectivity index (χ4v) is 4.41. The van der Waals surface area contributed by atoms with E-state index in [2.05, 4.69) is 20.4 Å². The second-order valence-electron chi connectivity index (χ2n) is 9.17. The lowest BCUT2D eigenvalue weighted by Crippen LogP contribution is -2.48. The first-order valence-electron chi connectivity index (χ1n) is 12.0. The molecule has 1 unspecified atom stereocenters. The molecule has 0 aliphatic rings. The highest BCUT2D eigenvalue weighted by molar-refractivity contribution is 6.31. The Bertz CT molecular complexity index is 1460. The van der Waals surface area contributed by atoms with Crippen LogP contribution in [0.2, 0.25) is 5.02 Å². The summed E-state index contributed by atoms with van der Waals surface area (Å²) in [6.45, 7) is 6.24. The third-order valence-electron chi connectivity index (χ3n) is 6.22. The minimum Gasteiger partial charge on any atom is -0.340 e. The minimum atomic E-state index is -0.787. The Kier molecular flexibility index (Phi) is 8.04. The predicted octanol–water partition coefficient (Wildman–Crippen LogP) is 5.70. The van der Waals surface area contributed by atoms with Gasteiger partial charge in [0.1, 0.15) is 11.9 Å². The van der Waals surface area contributed by atoms with Crippen LogP contribution < -0.4 is 10.7 Å². The van der Waals surface area contributed by atoms with E-state index in [-0.39, 0.29) is 17.6 Å². The summed E-state index contributed by atoms with van der Waals surface area (Å²) >= 11 is 5.99. The monoisotopic (exact) mass is 518 g/mol. The number of hydrogen-bond donors (Lipinski definition) is 2. The van der Waals surface area contributed by atoms with Crippen LogP contribution in [-0.4, -0.2) is 28.6 Å². The molecule has 37 heavy (non-hydrogen) atoms. The number of nitrogens with zero attached hydrogens (tertiary/aromatic N) is 2. The largest absolute Gasteiger partial charge is 0.340 e. The highest BCUT2D eigenvalue weighted by Crippen LogP contribution is 2.25. The Morgan fingerprint density at radius 2 is 1.78 bits per heavy atom. The normalized spacial score (nSPS) is 12.3. The molecule has 0 spiro atoms. The van der Waals surface area contributed by atoms with E-state index in [4.69, 9.17) is 11.6 Å². The maximum Gasteiger partial charge on any atom is 0.262 e. The molecule has 0 saturated heterocycles. The lowest BCUT2D eigenvalue weighted by molar-refractivity contribution is -0.123. The Labute approximate surface area is 220 Å². The zero-order valence-electron chi connectivity index (χ0n) is 20.8. The van der Waals surface area contributed by atoms with E-state index in [0.717, 1.165) is 27.7 Å². The van der Waals surface area contributed by atoms with Gasteiger partial charge in [-0.1, -0.05) is 61.8 Å². The minimum absolute atomic E-state index is 0.169. The Hall–Kier alpha value is -3.97. The summed E-state index contributed by atoms with van der Waals surface area (Å²) in [5.74, 6) is -1.25. The average molecular weight is 519 g/mol. The van der Waals surface area contributed by atoms with E-state index in [9.17, 15) is 14.0 Å². The Balaban J connectivity index is 1.52. The summed E-state index contributed by atoms with van der Waals surface area (Å²) in [5.41, 5.74) is 6.75. The Morgan fingerprint density at radius 3 is 2.49 bits per heavy atom. The standard InChI is InChI=1S/C29H28ClFN4O2/c1-18(2)27(33-28(36)21-7-6-8-22(30)15-21)29(37)34-32-16-25-19(3)35(26-10-5-4-9-24(25)26)17-20-11-13-23(31)14-12-20/h4-16,18,27H,17H2,1-3H3,(H,33,36)(H,34,37)/b32-16-. The fraction of sp³-hybridized carbons (Fsp3) is 0.207. The fourth-order valence-electron chi connectivity index (χ4n) is 4.22. The number of carbonyl (C=O) groups is 2. The number of para-hydroxylation sites is 1. The molecule has 0 radical (unpaired) electrons. The third kappa shape index (κ3) is 6.06. The number of rotatable bonds is 8. The van der Waals surface area contributed by atoms with Crippen LogP contribution in [0.1, 0.15) is 41.0 Å². The van der Waals surface area contributed by atoms with Gasteiger partial charge in [0.2, 0.25) is 0 Å². The molecule has 190 valence electrons. The van der Waals surface area contributed by atoms with Gasteiger partial charge >= 0.3 is 0 Å². The molecule has 1 atom stereocenters. The van der Waals surface area contributed by atoms with Gasteiger partial charge in [0.25, 0.3) is 11.8 Å². The number of hydrazone groups is 1. The van der Waals surface area contributed by atoms with Gasteiger partial charge in [0, 0.05) is 39.3 Å². The number of benzene rings is 3. The lowest BCUT2D eigenvalue weighted by atomic mass is 10.0. The highest BCUT2D eigenvalue weighted by atomic mass is 35.5. The Morgan fingerprint density at radius 1 is 1.05 bits per heavy atom. The molecule has 4 aromatic rings. The van der Waals surface area contributed by atoms with Gasteiger partial charge < -0.3 is 9.88 Å². The number of carbonyl (C=O) groups excluding carboxylic acids is 2. The number of aromatic nitrogens is 1. The maximum atomic E-state index is 13.4. The summed E-state index contributed by atoms with van der Waals surface area (Å²) in [6.07, 6.45) is 1.62. The van der Waals surface area contributed by atoms with E-state index >= 15 is 0 Å². The average Bonchev–Trinajstić information content (AvgIpc) is 3.14. The van der Waals surface area contributed by atoms with Gasteiger partial charge in [-0.15, -0.1) is 0 Å². The van der Waals surface area contributed by atoms with Crippen molar-refractivity contribution in [1.29, 1.82) is 0 Å². The quantitative estimate of drug-likeness (QED) is 0.232. The van der Waals surface area contributed by atoms with Crippen LogP contribution in [-0.2, 0) is 11.3 Å². The zero-order valence-corrected chi connectivity index (χ0v) is 21.6.